The molecule has 6 nitrogen and oxygen atoms in total. The van der Waals surface area contributed by atoms with Crippen LogP contribution in [0.15, 0.2) is 22.7 Å². The maximum Gasteiger partial charge on any atom is 0.343 e. The number of benzene rings is 2. The fourth-order valence-corrected chi connectivity index (χ4v) is 3.61. The Labute approximate surface area is 209 Å². The van der Waals surface area contributed by atoms with Crippen molar-refractivity contribution in [2.45, 2.75) is 13.8 Å². The molecule has 0 fully saturated rings. The first-order valence-electron chi connectivity index (χ1n) is 8.54. The lowest BCUT2D eigenvalue weighted by molar-refractivity contribution is 0.0588. The Morgan fingerprint density at radius 1 is 0.742 bits per heavy atom. The van der Waals surface area contributed by atoms with Gasteiger partial charge >= 0.3 is 11.9 Å². The predicted octanol–water partition coefficient (Wildman–Crippen LogP) is 7.37. The van der Waals surface area contributed by atoms with E-state index in [9.17, 15) is 9.59 Å². The van der Waals surface area contributed by atoms with Crippen molar-refractivity contribution in [3.8, 4) is 11.5 Å². The molecule has 0 aliphatic rings. The summed E-state index contributed by atoms with van der Waals surface area (Å²) in [6, 6.07) is 4.61. The van der Waals surface area contributed by atoms with E-state index in [-0.39, 0.29) is 37.7 Å². The summed E-state index contributed by atoms with van der Waals surface area (Å²) in [5.41, 5.74) is 0.255. The molecule has 0 saturated heterocycles. The summed E-state index contributed by atoms with van der Waals surface area (Å²) in [4.78, 5) is 22.8. The van der Waals surface area contributed by atoms with Crippen LogP contribution in [0.3, 0.4) is 0 Å². The summed E-state index contributed by atoms with van der Waals surface area (Å²) in [5, 5.41) is 1.06. The molecule has 2 aromatic rings. The quantitative estimate of drug-likeness (QED) is 0.279. The Hall–Kier alpha value is -1.38. The molecular formula is C20H21BrCl4O6. The van der Waals surface area contributed by atoms with Crippen molar-refractivity contribution in [3.63, 3.8) is 0 Å². The number of ether oxygens (including phenoxy) is 4. The molecule has 2 rings (SSSR count). The Bertz CT molecular complexity index is 921. The van der Waals surface area contributed by atoms with Gasteiger partial charge in [-0.25, -0.2) is 9.59 Å². The first-order valence-corrected chi connectivity index (χ1v) is 10.8. The third kappa shape index (κ3) is 7.61. The number of hydrogen-bond acceptors (Lipinski definition) is 6. The number of methoxy groups -OCH3 is 4. The molecule has 0 saturated carbocycles. The van der Waals surface area contributed by atoms with Crippen LogP contribution in [-0.4, -0.2) is 40.4 Å². The molecule has 172 valence electrons. The SMILES string of the molecule is CC.COC(=O)c1c(Cl)c(Br)cc(Cl)c1OC.COC(=O)c1c(Cl)ccc(Cl)c1OC. The summed E-state index contributed by atoms with van der Waals surface area (Å²) in [6.07, 6.45) is 0. The highest BCUT2D eigenvalue weighted by atomic mass is 79.9. The molecule has 0 unspecified atom stereocenters. The third-order valence-corrected chi connectivity index (χ3v) is 5.51. The number of esters is 2. The van der Waals surface area contributed by atoms with Crippen LogP contribution in [0.2, 0.25) is 20.1 Å². The average Bonchev–Trinajstić information content (AvgIpc) is 2.78. The van der Waals surface area contributed by atoms with E-state index >= 15 is 0 Å². The molecule has 0 aromatic heterocycles. The Morgan fingerprint density at radius 2 is 1.16 bits per heavy atom. The fourth-order valence-electron chi connectivity index (χ4n) is 2.09. The van der Waals surface area contributed by atoms with Crippen LogP contribution in [-0.2, 0) is 9.47 Å². The number of hydrogen-bond donors (Lipinski definition) is 0. The lowest BCUT2D eigenvalue weighted by atomic mass is 10.2. The number of carbonyl (C=O) groups is 2. The van der Waals surface area contributed by atoms with Crippen LogP contribution < -0.4 is 9.47 Å². The summed E-state index contributed by atoms with van der Waals surface area (Å²) in [5.74, 6) is -0.739. The largest absolute Gasteiger partial charge is 0.494 e. The normalized spacial score (nSPS) is 9.39. The Morgan fingerprint density at radius 3 is 1.61 bits per heavy atom. The first kappa shape index (κ1) is 29.6. The van der Waals surface area contributed by atoms with Gasteiger partial charge in [-0.1, -0.05) is 60.3 Å². The highest BCUT2D eigenvalue weighted by molar-refractivity contribution is 9.10. The molecular weight excluding hydrogens is 558 g/mol. The summed E-state index contributed by atoms with van der Waals surface area (Å²) < 4.78 is 19.6. The van der Waals surface area contributed by atoms with E-state index in [1.807, 2.05) is 13.8 Å². The molecule has 0 bridgehead atoms. The molecule has 0 spiro atoms. The minimum Gasteiger partial charge on any atom is -0.494 e. The first-order chi connectivity index (χ1) is 14.6. The van der Waals surface area contributed by atoms with Gasteiger partial charge in [0.25, 0.3) is 0 Å². The van der Waals surface area contributed by atoms with Crippen molar-refractivity contribution in [1.29, 1.82) is 0 Å². The second-order valence-corrected chi connectivity index (χ2v) is 7.44. The van der Waals surface area contributed by atoms with Gasteiger partial charge in [-0.15, -0.1) is 0 Å². The second-order valence-electron chi connectivity index (χ2n) is 4.98. The standard InChI is InChI=1S/C9H7BrCl2O3.C9H8Cl2O3.C2H6/c1-14-8-5(11)3-4(10)7(12)6(8)9(13)15-2;1-13-8-6(11)4-3-5(10)7(8)9(12)14-2;1-2/h3H,1-2H3;3-4H,1-2H3;1-2H3. The smallest absolute Gasteiger partial charge is 0.343 e. The van der Waals surface area contributed by atoms with Crippen molar-refractivity contribution in [2.75, 3.05) is 28.4 Å². The van der Waals surface area contributed by atoms with Gasteiger partial charge < -0.3 is 18.9 Å². The number of halogens is 5. The second kappa shape index (κ2) is 14.6. The van der Waals surface area contributed by atoms with Gasteiger partial charge in [0, 0.05) is 4.47 Å². The van der Waals surface area contributed by atoms with Gasteiger partial charge in [-0.05, 0) is 34.1 Å². The van der Waals surface area contributed by atoms with E-state index in [1.165, 1.54) is 34.5 Å². The molecule has 0 aliphatic carbocycles. The minimum absolute atomic E-state index is 0.112. The molecule has 31 heavy (non-hydrogen) atoms. The molecule has 0 aliphatic heterocycles. The minimum atomic E-state index is -0.597. The Kier molecular flexibility index (Phi) is 14.0. The van der Waals surface area contributed by atoms with Crippen LogP contribution in [0.1, 0.15) is 34.6 Å². The lowest BCUT2D eigenvalue weighted by Gasteiger charge is -2.11. The van der Waals surface area contributed by atoms with Crippen molar-refractivity contribution >= 4 is 74.3 Å². The summed E-state index contributed by atoms with van der Waals surface area (Å²) in [6.45, 7) is 4.00. The fraction of sp³-hybridized carbons (Fsp3) is 0.300. The zero-order chi connectivity index (χ0) is 24.3. The molecule has 0 atom stereocenters. The van der Waals surface area contributed by atoms with Gasteiger partial charge in [-0.2, -0.15) is 0 Å². The number of rotatable bonds is 4. The maximum atomic E-state index is 11.5. The van der Waals surface area contributed by atoms with Crippen LogP contribution in [0.25, 0.3) is 0 Å². The highest BCUT2D eigenvalue weighted by Crippen LogP contribution is 2.39. The van der Waals surface area contributed by atoms with Crippen LogP contribution in [0.4, 0.5) is 0 Å². The van der Waals surface area contributed by atoms with Gasteiger partial charge in [0.05, 0.1) is 48.5 Å². The summed E-state index contributed by atoms with van der Waals surface area (Å²) >= 11 is 26.6. The third-order valence-electron chi connectivity index (χ3n) is 3.37. The zero-order valence-electron chi connectivity index (χ0n) is 17.6. The van der Waals surface area contributed by atoms with Gasteiger partial charge in [0.1, 0.15) is 11.1 Å². The average molecular weight is 579 g/mol. The predicted molar refractivity (Wildman–Crippen MR) is 128 cm³/mol. The van der Waals surface area contributed by atoms with Gasteiger partial charge in [-0.3, -0.25) is 0 Å². The molecule has 0 amide bonds. The van der Waals surface area contributed by atoms with E-state index < -0.39 is 11.9 Å². The molecule has 0 N–H and O–H groups in total. The van der Waals surface area contributed by atoms with E-state index in [0.717, 1.165) is 0 Å². The molecule has 0 heterocycles. The molecule has 11 heteroatoms. The van der Waals surface area contributed by atoms with Gasteiger partial charge in [0.15, 0.2) is 11.5 Å². The van der Waals surface area contributed by atoms with E-state index in [1.54, 1.807) is 12.1 Å². The highest BCUT2D eigenvalue weighted by Gasteiger charge is 2.22. The van der Waals surface area contributed by atoms with E-state index in [4.69, 9.17) is 55.9 Å². The van der Waals surface area contributed by atoms with Crippen molar-refractivity contribution in [2.24, 2.45) is 0 Å². The Balaban J connectivity index is 0.000000539. The van der Waals surface area contributed by atoms with Crippen LogP contribution in [0, 0.1) is 0 Å². The topological polar surface area (TPSA) is 71.1 Å². The van der Waals surface area contributed by atoms with Crippen molar-refractivity contribution < 1.29 is 28.5 Å². The van der Waals surface area contributed by atoms with Crippen LogP contribution in [0.5, 0.6) is 11.5 Å². The van der Waals surface area contributed by atoms with E-state index in [2.05, 4.69) is 25.4 Å². The van der Waals surface area contributed by atoms with Crippen molar-refractivity contribution in [1.82, 2.24) is 0 Å². The number of carbonyl (C=O) groups excluding carboxylic acids is 2. The monoisotopic (exact) mass is 576 g/mol. The van der Waals surface area contributed by atoms with Crippen molar-refractivity contribution in [3.05, 3.63) is 53.9 Å². The van der Waals surface area contributed by atoms with Gasteiger partial charge in [0.2, 0.25) is 0 Å². The zero-order valence-corrected chi connectivity index (χ0v) is 22.2. The molecule has 2 aromatic carbocycles. The van der Waals surface area contributed by atoms with E-state index in [0.29, 0.717) is 9.50 Å². The lowest BCUT2D eigenvalue weighted by Crippen LogP contribution is -2.06. The van der Waals surface area contributed by atoms with Crippen LogP contribution >= 0.6 is 62.3 Å². The molecule has 0 radical (unpaired) electrons. The summed E-state index contributed by atoms with van der Waals surface area (Å²) in [7, 11) is 5.33. The maximum absolute atomic E-state index is 11.5.